The van der Waals surface area contributed by atoms with Crippen LogP contribution in [-0.4, -0.2) is 17.4 Å². The van der Waals surface area contributed by atoms with Crippen LogP contribution in [0.5, 0.6) is 11.5 Å². The summed E-state index contributed by atoms with van der Waals surface area (Å²) in [4.78, 5) is 16.8. The van der Waals surface area contributed by atoms with Gasteiger partial charge in [-0.2, -0.15) is 0 Å². The van der Waals surface area contributed by atoms with E-state index in [9.17, 15) is 4.79 Å². The lowest BCUT2D eigenvalue weighted by molar-refractivity contribution is -0.121. The van der Waals surface area contributed by atoms with Crippen LogP contribution in [0.1, 0.15) is 44.1 Å². The first-order valence-corrected chi connectivity index (χ1v) is 10.6. The fourth-order valence-corrected chi connectivity index (χ4v) is 3.98. The zero-order chi connectivity index (χ0) is 19.9. The lowest BCUT2D eigenvalue weighted by Gasteiger charge is -2.21. The molecule has 1 aromatic heterocycles. The van der Waals surface area contributed by atoms with Gasteiger partial charge in [-0.3, -0.25) is 9.78 Å². The molecule has 1 amide bonds. The van der Waals surface area contributed by atoms with Crippen molar-refractivity contribution >= 4 is 16.8 Å². The zero-order valence-corrected chi connectivity index (χ0v) is 16.8. The van der Waals surface area contributed by atoms with Crippen LogP contribution in [-0.2, 0) is 11.2 Å². The van der Waals surface area contributed by atoms with Crippen molar-refractivity contribution in [2.24, 2.45) is 5.92 Å². The fraction of sp³-hybridized carbons (Fsp3) is 0.360. The summed E-state index contributed by atoms with van der Waals surface area (Å²) in [5, 5.41) is 4.14. The highest BCUT2D eigenvalue weighted by molar-refractivity contribution is 5.81. The Morgan fingerprint density at radius 1 is 1.00 bits per heavy atom. The minimum Gasteiger partial charge on any atom is -0.457 e. The van der Waals surface area contributed by atoms with Gasteiger partial charge < -0.3 is 10.1 Å². The average molecular weight is 389 g/mol. The Kier molecular flexibility index (Phi) is 6.40. The minimum atomic E-state index is 0.136. The van der Waals surface area contributed by atoms with Crippen molar-refractivity contribution in [2.75, 3.05) is 6.54 Å². The Bertz CT molecular complexity index is 949. The number of aromatic nitrogens is 1. The molecule has 4 nitrogen and oxygen atoms in total. The summed E-state index contributed by atoms with van der Waals surface area (Å²) >= 11 is 0. The zero-order valence-electron chi connectivity index (χ0n) is 16.8. The molecule has 0 aliphatic heterocycles. The monoisotopic (exact) mass is 388 g/mol. The lowest BCUT2D eigenvalue weighted by Crippen LogP contribution is -2.30. The first-order valence-electron chi connectivity index (χ1n) is 10.6. The Hall–Kier alpha value is -2.88. The number of rotatable bonds is 7. The third-order valence-corrected chi connectivity index (χ3v) is 5.64. The van der Waals surface area contributed by atoms with Crippen molar-refractivity contribution in [1.29, 1.82) is 0 Å². The molecule has 150 valence electrons. The van der Waals surface area contributed by atoms with Crippen LogP contribution in [0.15, 0.2) is 60.8 Å². The van der Waals surface area contributed by atoms with Gasteiger partial charge >= 0.3 is 0 Å². The van der Waals surface area contributed by atoms with Gasteiger partial charge in [-0.05, 0) is 67.1 Å². The van der Waals surface area contributed by atoms with E-state index >= 15 is 0 Å². The molecule has 1 fully saturated rings. The van der Waals surface area contributed by atoms with Crippen molar-refractivity contribution in [3.8, 4) is 11.5 Å². The summed E-state index contributed by atoms with van der Waals surface area (Å²) in [5.74, 6) is 2.40. The third kappa shape index (κ3) is 5.57. The Balaban J connectivity index is 1.34. The number of carbonyl (C=O) groups is 1. The molecular formula is C25H28N2O2. The summed E-state index contributed by atoms with van der Waals surface area (Å²) in [7, 11) is 0. The van der Waals surface area contributed by atoms with Crippen molar-refractivity contribution in [3.05, 3.63) is 66.4 Å². The fourth-order valence-electron chi connectivity index (χ4n) is 3.98. The Morgan fingerprint density at radius 3 is 2.66 bits per heavy atom. The number of ether oxygens (including phenoxy) is 1. The first kappa shape index (κ1) is 19.4. The van der Waals surface area contributed by atoms with Crippen LogP contribution in [0, 0.1) is 5.92 Å². The van der Waals surface area contributed by atoms with E-state index in [0.29, 0.717) is 18.8 Å². The topological polar surface area (TPSA) is 51.2 Å². The maximum Gasteiger partial charge on any atom is 0.220 e. The second-order valence-corrected chi connectivity index (χ2v) is 7.92. The molecule has 4 rings (SSSR count). The number of nitrogens with one attached hydrogen (secondary N) is 1. The van der Waals surface area contributed by atoms with E-state index in [4.69, 9.17) is 4.74 Å². The number of benzene rings is 2. The minimum absolute atomic E-state index is 0.136. The molecule has 1 aliphatic rings. The molecule has 0 radical (unpaired) electrons. The predicted molar refractivity (Wildman–Crippen MR) is 116 cm³/mol. The van der Waals surface area contributed by atoms with E-state index in [2.05, 4.69) is 16.4 Å². The number of hydrogen-bond acceptors (Lipinski definition) is 3. The predicted octanol–water partition coefficient (Wildman–Crippen LogP) is 5.66. The molecule has 0 bridgehead atoms. The summed E-state index contributed by atoms with van der Waals surface area (Å²) in [5.41, 5.74) is 2.00. The molecule has 1 heterocycles. The molecule has 0 atom stereocenters. The van der Waals surface area contributed by atoms with Gasteiger partial charge in [-0.1, -0.05) is 37.5 Å². The molecule has 0 saturated heterocycles. The molecule has 4 heteroatoms. The second kappa shape index (κ2) is 9.55. The largest absolute Gasteiger partial charge is 0.457 e. The van der Waals surface area contributed by atoms with Crippen molar-refractivity contribution in [3.63, 3.8) is 0 Å². The third-order valence-electron chi connectivity index (χ3n) is 5.64. The molecule has 0 spiro atoms. The van der Waals surface area contributed by atoms with Gasteiger partial charge in [0, 0.05) is 24.5 Å². The number of aryl methyl sites for hydroxylation is 1. The molecule has 0 unspecified atom stereocenters. The normalized spacial score (nSPS) is 14.6. The number of fused-ring (bicyclic) bond motifs is 1. The van der Waals surface area contributed by atoms with E-state index < -0.39 is 0 Å². The van der Waals surface area contributed by atoms with Crippen molar-refractivity contribution in [1.82, 2.24) is 10.3 Å². The van der Waals surface area contributed by atoms with Gasteiger partial charge in [0.2, 0.25) is 5.91 Å². The summed E-state index contributed by atoms with van der Waals surface area (Å²) in [6, 6.07) is 17.8. The van der Waals surface area contributed by atoms with Crippen LogP contribution >= 0.6 is 0 Å². The van der Waals surface area contributed by atoms with Gasteiger partial charge in [0.15, 0.2) is 0 Å². The SMILES string of the molecule is O=C(CCc1cnc2ccc(Oc3ccccc3)cc2c1)NCC1CCCCC1. The lowest BCUT2D eigenvalue weighted by atomic mass is 9.89. The number of para-hydroxylation sites is 1. The Labute approximate surface area is 172 Å². The van der Waals surface area contributed by atoms with Gasteiger partial charge in [0.05, 0.1) is 5.52 Å². The van der Waals surface area contributed by atoms with Crippen LogP contribution < -0.4 is 10.1 Å². The first-order chi connectivity index (χ1) is 14.3. The molecule has 1 saturated carbocycles. The van der Waals surface area contributed by atoms with E-state index in [1.807, 2.05) is 54.7 Å². The number of hydrogen-bond donors (Lipinski definition) is 1. The van der Waals surface area contributed by atoms with E-state index in [-0.39, 0.29) is 5.91 Å². The summed E-state index contributed by atoms with van der Waals surface area (Å²) in [6.45, 7) is 0.828. The standard InChI is InChI=1S/C25H28N2O2/c28-25(27-17-19-7-3-1-4-8-19)14-11-20-15-21-16-23(12-13-24(21)26-18-20)29-22-9-5-2-6-10-22/h2,5-6,9-10,12-13,15-16,18-19H,1,3-4,7-8,11,14,17H2,(H,27,28). The van der Waals surface area contributed by atoms with Crippen molar-refractivity contribution in [2.45, 2.75) is 44.9 Å². The van der Waals surface area contributed by atoms with Crippen LogP contribution in [0.4, 0.5) is 0 Å². The maximum absolute atomic E-state index is 12.2. The van der Waals surface area contributed by atoms with E-state index in [1.165, 1.54) is 32.1 Å². The smallest absolute Gasteiger partial charge is 0.220 e. The number of nitrogens with zero attached hydrogens (tertiary/aromatic N) is 1. The second-order valence-electron chi connectivity index (χ2n) is 7.92. The van der Waals surface area contributed by atoms with Crippen molar-refractivity contribution < 1.29 is 9.53 Å². The highest BCUT2D eigenvalue weighted by atomic mass is 16.5. The Morgan fingerprint density at radius 2 is 1.83 bits per heavy atom. The quantitative estimate of drug-likeness (QED) is 0.568. The molecule has 29 heavy (non-hydrogen) atoms. The van der Waals surface area contributed by atoms with Gasteiger partial charge in [-0.25, -0.2) is 0 Å². The maximum atomic E-state index is 12.2. The van der Waals surface area contributed by atoms with Gasteiger partial charge in [0.1, 0.15) is 11.5 Å². The van der Waals surface area contributed by atoms with Gasteiger partial charge in [-0.15, -0.1) is 0 Å². The van der Waals surface area contributed by atoms with Gasteiger partial charge in [0.25, 0.3) is 0 Å². The molecular weight excluding hydrogens is 360 g/mol. The average Bonchev–Trinajstić information content (AvgIpc) is 2.77. The summed E-state index contributed by atoms with van der Waals surface area (Å²) in [6.07, 6.45) is 9.53. The molecule has 3 aromatic rings. The van der Waals surface area contributed by atoms with Crippen LogP contribution in [0.3, 0.4) is 0 Å². The van der Waals surface area contributed by atoms with Crippen LogP contribution in [0.25, 0.3) is 10.9 Å². The summed E-state index contributed by atoms with van der Waals surface area (Å²) < 4.78 is 5.92. The number of amides is 1. The number of pyridine rings is 1. The number of carbonyl (C=O) groups excluding carboxylic acids is 1. The highest BCUT2D eigenvalue weighted by Crippen LogP contribution is 2.26. The molecule has 1 aliphatic carbocycles. The van der Waals surface area contributed by atoms with E-state index in [0.717, 1.165) is 34.5 Å². The van der Waals surface area contributed by atoms with Crippen LogP contribution in [0.2, 0.25) is 0 Å². The van der Waals surface area contributed by atoms with E-state index in [1.54, 1.807) is 0 Å². The molecule has 1 N–H and O–H groups in total. The highest BCUT2D eigenvalue weighted by Gasteiger charge is 2.14. The molecule has 2 aromatic carbocycles.